The van der Waals surface area contributed by atoms with Gasteiger partial charge in [-0.15, -0.1) is 0 Å². The highest BCUT2D eigenvalue weighted by atomic mass is 16.6. The maximum atomic E-state index is 11.0. The second kappa shape index (κ2) is 4.54. The lowest BCUT2D eigenvalue weighted by Gasteiger charge is -2.30. The first-order valence-electron chi connectivity index (χ1n) is 5.85. The number of nitriles is 1. The number of hydrogen-bond acceptors (Lipinski definition) is 3. The zero-order valence-corrected chi connectivity index (χ0v) is 9.56. The Bertz CT molecular complexity index is 471. The van der Waals surface area contributed by atoms with Crippen molar-refractivity contribution in [3.05, 3.63) is 39.9 Å². The third-order valence-electron chi connectivity index (χ3n) is 3.54. The molecule has 0 amide bonds. The van der Waals surface area contributed by atoms with Gasteiger partial charge in [0.15, 0.2) is 0 Å². The fourth-order valence-corrected chi connectivity index (χ4v) is 2.63. The van der Waals surface area contributed by atoms with E-state index in [9.17, 15) is 15.4 Å². The second-order valence-electron chi connectivity index (χ2n) is 4.53. The van der Waals surface area contributed by atoms with Crippen LogP contribution in [0.15, 0.2) is 24.3 Å². The topological polar surface area (TPSA) is 66.9 Å². The van der Waals surface area contributed by atoms with Crippen LogP contribution in [-0.2, 0) is 5.41 Å². The molecule has 1 aliphatic rings. The van der Waals surface area contributed by atoms with Crippen molar-refractivity contribution in [2.24, 2.45) is 0 Å². The third-order valence-corrected chi connectivity index (χ3v) is 3.54. The summed E-state index contributed by atoms with van der Waals surface area (Å²) in [6, 6.07) is 8.96. The molecule has 1 saturated carbocycles. The summed E-state index contributed by atoms with van der Waals surface area (Å²) < 4.78 is 0. The predicted molar refractivity (Wildman–Crippen MR) is 63.5 cm³/mol. The highest BCUT2D eigenvalue weighted by Gasteiger charge is 2.38. The number of benzene rings is 1. The lowest BCUT2D eigenvalue weighted by atomic mass is 9.70. The van der Waals surface area contributed by atoms with Crippen LogP contribution in [-0.4, -0.2) is 4.92 Å². The summed E-state index contributed by atoms with van der Waals surface area (Å²) in [5.41, 5.74) is 0.0187. The first-order valence-corrected chi connectivity index (χ1v) is 5.85. The summed E-state index contributed by atoms with van der Waals surface area (Å²) in [5, 5.41) is 20.4. The minimum atomic E-state index is -0.651. The molecule has 0 aromatic heterocycles. The van der Waals surface area contributed by atoms with E-state index in [1.807, 2.05) is 0 Å². The lowest BCUT2D eigenvalue weighted by molar-refractivity contribution is -0.386. The van der Waals surface area contributed by atoms with E-state index in [0.717, 1.165) is 32.1 Å². The van der Waals surface area contributed by atoms with Gasteiger partial charge >= 0.3 is 0 Å². The maximum absolute atomic E-state index is 11.0. The molecule has 0 heterocycles. The van der Waals surface area contributed by atoms with Crippen LogP contribution in [0.3, 0.4) is 0 Å². The fraction of sp³-hybridized carbons (Fsp3) is 0.462. The van der Waals surface area contributed by atoms with Crippen molar-refractivity contribution in [3.8, 4) is 6.07 Å². The Balaban J connectivity index is 2.51. The molecular formula is C13H14N2O2. The first kappa shape index (κ1) is 11.6. The van der Waals surface area contributed by atoms with Crippen molar-refractivity contribution >= 4 is 5.69 Å². The smallest absolute Gasteiger partial charge is 0.258 e. The van der Waals surface area contributed by atoms with Crippen LogP contribution in [0.5, 0.6) is 0 Å². The van der Waals surface area contributed by atoms with Gasteiger partial charge in [0.25, 0.3) is 5.69 Å². The summed E-state index contributed by atoms with van der Waals surface area (Å²) in [7, 11) is 0. The van der Waals surface area contributed by atoms with Gasteiger partial charge in [0, 0.05) is 6.07 Å². The molecule has 0 N–H and O–H groups in total. The number of nitrogens with zero attached hydrogens (tertiary/aromatic N) is 2. The number of rotatable bonds is 2. The first-order chi connectivity index (χ1) is 8.19. The minimum absolute atomic E-state index is 0.0796. The molecule has 1 aromatic rings. The molecule has 0 bridgehead atoms. The Hall–Kier alpha value is -1.89. The fourth-order valence-electron chi connectivity index (χ4n) is 2.63. The Morgan fingerprint density at radius 3 is 2.47 bits per heavy atom. The molecule has 1 aliphatic carbocycles. The van der Waals surface area contributed by atoms with Gasteiger partial charge in [-0.2, -0.15) is 5.26 Å². The van der Waals surface area contributed by atoms with Gasteiger partial charge in [0.1, 0.15) is 0 Å². The van der Waals surface area contributed by atoms with Gasteiger partial charge in [-0.25, -0.2) is 0 Å². The summed E-state index contributed by atoms with van der Waals surface area (Å²) in [6.07, 6.45) is 4.52. The molecular weight excluding hydrogens is 216 g/mol. The number of nitro benzene ring substituents is 1. The van der Waals surface area contributed by atoms with Crippen LogP contribution in [0, 0.1) is 21.4 Å². The molecule has 1 aromatic carbocycles. The maximum Gasteiger partial charge on any atom is 0.274 e. The zero-order chi connectivity index (χ0) is 12.3. The minimum Gasteiger partial charge on any atom is -0.258 e. The van der Waals surface area contributed by atoms with E-state index in [-0.39, 0.29) is 10.6 Å². The largest absolute Gasteiger partial charge is 0.274 e. The number of hydrogen-bond donors (Lipinski definition) is 0. The highest BCUT2D eigenvalue weighted by Crippen LogP contribution is 2.42. The van der Waals surface area contributed by atoms with Gasteiger partial charge in [0.2, 0.25) is 0 Å². The van der Waals surface area contributed by atoms with Crippen LogP contribution >= 0.6 is 0 Å². The van der Waals surface area contributed by atoms with Gasteiger partial charge in [-0.05, 0) is 12.8 Å². The van der Waals surface area contributed by atoms with E-state index >= 15 is 0 Å². The molecule has 4 heteroatoms. The molecule has 0 spiro atoms. The van der Waals surface area contributed by atoms with Crippen molar-refractivity contribution < 1.29 is 4.92 Å². The molecule has 1 fully saturated rings. The monoisotopic (exact) mass is 230 g/mol. The van der Waals surface area contributed by atoms with Crippen molar-refractivity contribution in [1.82, 2.24) is 0 Å². The van der Waals surface area contributed by atoms with E-state index < -0.39 is 5.41 Å². The summed E-state index contributed by atoms with van der Waals surface area (Å²) in [4.78, 5) is 10.6. The summed E-state index contributed by atoms with van der Waals surface area (Å²) >= 11 is 0. The molecule has 17 heavy (non-hydrogen) atoms. The standard InChI is InChI=1S/C13H14N2O2/c14-10-13(8-4-1-5-9-13)11-6-2-3-7-12(11)15(16)17/h2-3,6-7H,1,4-5,8-9H2. The van der Waals surface area contributed by atoms with Crippen LogP contribution in [0.25, 0.3) is 0 Å². The van der Waals surface area contributed by atoms with Crippen LogP contribution in [0.2, 0.25) is 0 Å². The molecule has 0 unspecified atom stereocenters. The molecule has 88 valence electrons. The third kappa shape index (κ3) is 2.01. The molecule has 0 atom stereocenters. The van der Waals surface area contributed by atoms with Crippen LogP contribution < -0.4 is 0 Å². The highest BCUT2D eigenvalue weighted by molar-refractivity contribution is 5.48. The van der Waals surface area contributed by atoms with Gasteiger partial charge < -0.3 is 0 Å². The Morgan fingerprint density at radius 2 is 1.88 bits per heavy atom. The van der Waals surface area contributed by atoms with E-state index in [1.165, 1.54) is 6.07 Å². The quantitative estimate of drug-likeness (QED) is 0.578. The van der Waals surface area contributed by atoms with Gasteiger partial charge in [-0.1, -0.05) is 37.5 Å². The molecule has 0 radical (unpaired) electrons. The molecule has 0 aliphatic heterocycles. The van der Waals surface area contributed by atoms with Gasteiger partial charge in [0.05, 0.1) is 22.0 Å². The van der Waals surface area contributed by atoms with Gasteiger partial charge in [-0.3, -0.25) is 10.1 Å². The zero-order valence-electron chi connectivity index (χ0n) is 9.56. The molecule has 2 rings (SSSR count). The van der Waals surface area contributed by atoms with Crippen LogP contribution in [0.1, 0.15) is 37.7 Å². The Morgan fingerprint density at radius 1 is 1.24 bits per heavy atom. The predicted octanol–water partition coefficient (Wildman–Crippen LogP) is 3.32. The molecule has 0 saturated heterocycles. The number of nitro groups is 1. The summed E-state index contributed by atoms with van der Waals surface area (Å²) in [6.45, 7) is 0. The van der Waals surface area contributed by atoms with E-state index in [1.54, 1.807) is 18.2 Å². The van der Waals surface area contributed by atoms with Crippen molar-refractivity contribution in [2.45, 2.75) is 37.5 Å². The lowest BCUT2D eigenvalue weighted by Crippen LogP contribution is -2.28. The normalized spacial score (nSPS) is 18.3. The average molecular weight is 230 g/mol. The second-order valence-corrected chi connectivity index (χ2v) is 4.53. The van der Waals surface area contributed by atoms with E-state index in [0.29, 0.717) is 5.56 Å². The van der Waals surface area contributed by atoms with E-state index in [2.05, 4.69) is 6.07 Å². The summed E-state index contributed by atoms with van der Waals surface area (Å²) in [5.74, 6) is 0. The van der Waals surface area contributed by atoms with Crippen molar-refractivity contribution in [3.63, 3.8) is 0 Å². The van der Waals surface area contributed by atoms with Crippen molar-refractivity contribution in [2.75, 3.05) is 0 Å². The Kier molecular flexibility index (Phi) is 3.10. The van der Waals surface area contributed by atoms with E-state index in [4.69, 9.17) is 0 Å². The molecule has 4 nitrogen and oxygen atoms in total. The number of para-hydroxylation sites is 1. The van der Waals surface area contributed by atoms with Crippen molar-refractivity contribution in [1.29, 1.82) is 5.26 Å². The SMILES string of the molecule is N#CC1(c2ccccc2[N+](=O)[O-])CCCCC1. The average Bonchev–Trinajstić information content (AvgIpc) is 2.39. The van der Waals surface area contributed by atoms with Crippen LogP contribution in [0.4, 0.5) is 5.69 Å². The Labute approximate surface area is 100 Å².